The summed E-state index contributed by atoms with van der Waals surface area (Å²) in [5.74, 6) is -2.78. The van der Waals surface area contributed by atoms with Crippen LogP contribution < -0.4 is 10.2 Å². The Balaban J connectivity index is 2.33. The van der Waals surface area contributed by atoms with Crippen LogP contribution in [0.1, 0.15) is 17.5 Å². The molecule has 1 N–H and O–H groups in total. The average Bonchev–Trinajstić information content (AvgIpc) is 2.69. The summed E-state index contributed by atoms with van der Waals surface area (Å²) in [5, 5.41) is 2.77. The first kappa shape index (κ1) is 15.0. The van der Waals surface area contributed by atoms with Gasteiger partial charge in [0.15, 0.2) is 0 Å². The van der Waals surface area contributed by atoms with E-state index in [-0.39, 0.29) is 19.5 Å². The molecule has 0 bridgehead atoms. The van der Waals surface area contributed by atoms with Crippen molar-refractivity contribution >= 4 is 5.69 Å². The summed E-state index contributed by atoms with van der Waals surface area (Å²) in [6.45, 7) is -0.106. The summed E-state index contributed by atoms with van der Waals surface area (Å²) in [6, 6.07) is 3.23. The second-order valence-corrected chi connectivity index (χ2v) is 4.90. The van der Waals surface area contributed by atoms with Crippen LogP contribution in [0.4, 0.5) is 27.6 Å². The van der Waals surface area contributed by atoms with Crippen LogP contribution >= 0.6 is 0 Å². The monoisotopic (exact) mass is 294 g/mol. The minimum Gasteiger partial charge on any atom is -0.365 e. The number of anilines is 1. The van der Waals surface area contributed by atoms with Gasteiger partial charge in [-0.2, -0.15) is 13.2 Å². The zero-order valence-corrected chi connectivity index (χ0v) is 10.9. The molecule has 1 aromatic rings. The highest BCUT2D eigenvalue weighted by Gasteiger charge is 2.39. The molecule has 0 radical (unpaired) electrons. The highest BCUT2D eigenvalue weighted by atomic mass is 19.4. The molecule has 1 aromatic carbocycles. The molecule has 0 unspecified atom stereocenters. The molecular formula is C13H15F5N2. The normalized spacial score (nSPS) is 18.6. The SMILES string of the molecule is CNCc1cc(C(F)(F)F)ccc1N1CCC(F)(F)C1. The van der Waals surface area contributed by atoms with Crippen molar-refractivity contribution in [3.05, 3.63) is 29.3 Å². The van der Waals surface area contributed by atoms with Gasteiger partial charge >= 0.3 is 6.18 Å². The van der Waals surface area contributed by atoms with Gasteiger partial charge in [0.05, 0.1) is 12.1 Å². The number of benzene rings is 1. The first-order valence-electron chi connectivity index (χ1n) is 6.20. The third-order valence-electron chi connectivity index (χ3n) is 3.28. The van der Waals surface area contributed by atoms with E-state index in [1.165, 1.54) is 11.0 Å². The highest BCUT2D eigenvalue weighted by molar-refractivity contribution is 5.56. The van der Waals surface area contributed by atoms with Gasteiger partial charge in [-0.3, -0.25) is 0 Å². The van der Waals surface area contributed by atoms with Crippen LogP contribution in [0.2, 0.25) is 0 Å². The smallest absolute Gasteiger partial charge is 0.365 e. The quantitative estimate of drug-likeness (QED) is 0.861. The molecule has 0 atom stereocenters. The van der Waals surface area contributed by atoms with Gasteiger partial charge in [-0.05, 0) is 30.8 Å². The Hall–Kier alpha value is -1.37. The number of nitrogens with zero attached hydrogens (tertiary/aromatic N) is 1. The molecule has 20 heavy (non-hydrogen) atoms. The van der Waals surface area contributed by atoms with Gasteiger partial charge < -0.3 is 10.2 Å². The summed E-state index contributed by atoms with van der Waals surface area (Å²) >= 11 is 0. The lowest BCUT2D eigenvalue weighted by molar-refractivity contribution is -0.137. The standard InChI is InChI=1S/C13H15F5N2/c1-19-7-9-6-10(13(16,17)18)2-3-11(9)20-5-4-12(14,15)8-20/h2-3,6,19H,4-5,7-8H2,1H3. The Morgan fingerprint density at radius 2 is 2.00 bits per heavy atom. The van der Waals surface area contributed by atoms with E-state index in [0.29, 0.717) is 11.3 Å². The largest absolute Gasteiger partial charge is 0.416 e. The highest BCUT2D eigenvalue weighted by Crippen LogP contribution is 2.36. The van der Waals surface area contributed by atoms with Crippen LogP contribution in [-0.4, -0.2) is 26.1 Å². The summed E-state index contributed by atoms with van der Waals surface area (Å²) in [5.41, 5.74) is 0.0435. The third kappa shape index (κ3) is 3.20. The molecule has 2 nitrogen and oxygen atoms in total. The molecule has 0 amide bonds. The van der Waals surface area contributed by atoms with Crippen molar-refractivity contribution in [1.29, 1.82) is 0 Å². The Morgan fingerprint density at radius 1 is 1.30 bits per heavy atom. The van der Waals surface area contributed by atoms with E-state index >= 15 is 0 Å². The van der Waals surface area contributed by atoms with Crippen molar-refractivity contribution < 1.29 is 22.0 Å². The van der Waals surface area contributed by atoms with Crippen molar-refractivity contribution in [3.63, 3.8) is 0 Å². The summed E-state index contributed by atoms with van der Waals surface area (Å²) < 4.78 is 64.5. The fourth-order valence-corrected chi connectivity index (χ4v) is 2.34. The van der Waals surface area contributed by atoms with E-state index in [2.05, 4.69) is 5.32 Å². The van der Waals surface area contributed by atoms with Crippen LogP contribution in [0.3, 0.4) is 0 Å². The Labute approximate surface area is 113 Å². The molecule has 0 aromatic heterocycles. The van der Waals surface area contributed by atoms with Crippen molar-refractivity contribution in [2.75, 3.05) is 25.0 Å². The van der Waals surface area contributed by atoms with Gasteiger partial charge in [0.1, 0.15) is 0 Å². The number of alkyl halides is 5. The van der Waals surface area contributed by atoms with Gasteiger partial charge in [0.25, 0.3) is 5.92 Å². The molecule has 1 saturated heterocycles. The minimum atomic E-state index is -4.43. The molecule has 0 aliphatic carbocycles. The van der Waals surface area contributed by atoms with Crippen molar-refractivity contribution in [3.8, 4) is 0 Å². The number of hydrogen-bond acceptors (Lipinski definition) is 2. The van der Waals surface area contributed by atoms with E-state index in [4.69, 9.17) is 0 Å². The molecular weight excluding hydrogens is 279 g/mol. The predicted molar refractivity (Wildman–Crippen MR) is 66.0 cm³/mol. The van der Waals surface area contributed by atoms with Gasteiger partial charge in [-0.15, -0.1) is 0 Å². The molecule has 1 aliphatic rings. The van der Waals surface area contributed by atoms with Crippen LogP contribution in [0.25, 0.3) is 0 Å². The molecule has 0 saturated carbocycles. The molecule has 112 valence electrons. The Morgan fingerprint density at radius 3 is 2.50 bits per heavy atom. The zero-order valence-electron chi connectivity index (χ0n) is 10.9. The van der Waals surface area contributed by atoms with Gasteiger partial charge in [-0.25, -0.2) is 8.78 Å². The number of hydrogen-bond donors (Lipinski definition) is 1. The van der Waals surface area contributed by atoms with Gasteiger partial charge in [-0.1, -0.05) is 0 Å². The Bertz CT molecular complexity index is 484. The Kier molecular flexibility index (Phi) is 3.90. The summed E-state index contributed by atoms with van der Waals surface area (Å²) in [4.78, 5) is 1.44. The first-order valence-corrected chi connectivity index (χ1v) is 6.20. The lowest BCUT2D eigenvalue weighted by Gasteiger charge is -2.23. The predicted octanol–water partition coefficient (Wildman–Crippen LogP) is 3.27. The molecule has 1 aliphatic heterocycles. The maximum atomic E-state index is 13.2. The molecule has 1 heterocycles. The lowest BCUT2D eigenvalue weighted by Crippen LogP contribution is -2.26. The van der Waals surface area contributed by atoms with E-state index in [1.807, 2.05) is 0 Å². The third-order valence-corrected chi connectivity index (χ3v) is 3.28. The molecule has 2 rings (SSSR count). The topological polar surface area (TPSA) is 15.3 Å². The first-order chi connectivity index (χ1) is 9.23. The van der Waals surface area contributed by atoms with E-state index < -0.39 is 24.2 Å². The maximum Gasteiger partial charge on any atom is 0.416 e. The van der Waals surface area contributed by atoms with Crippen LogP contribution in [0.5, 0.6) is 0 Å². The second-order valence-electron chi connectivity index (χ2n) is 4.90. The average molecular weight is 294 g/mol. The number of halogens is 5. The summed E-state index contributed by atoms with van der Waals surface area (Å²) in [6.07, 6.45) is -4.71. The lowest BCUT2D eigenvalue weighted by atomic mass is 10.1. The maximum absolute atomic E-state index is 13.2. The van der Waals surface area contributed by atoms with Crippen molar-refractivity contribution in [2.45, 2.75) is 25.1 Å². The van der Waals surface area contributed by atoms with Crippen LogP contribution in [0.15, 0.2) is 18.2 Å². The number of rotatable bonds is 3. The van der Waals surface area contributed by atoms with Gasteiger partial charge in [0.2, 0.25) is 0 Å². The number of nitrogens with one attached hydrogen (secondary N) is 1. The fraction of sp³-hybridized carbons (Fsp3) is 0.538. The minimum absolute atomic E-state index is 0.148. The van der Waals surface area contributed by atoms with E-state index in [0.717, 1.165) is 12.1 Å². The van der Waals surface area contributed by atoms with Crippen LogP contribution in [-0.2, 0) is 12.7 Å². The zero-order chi connectivity index (χ0) is 15.0. The second kappa shape index (κ2) is 5.20. The fourth-order valence-electron chi connectivity index (χ4n) is 2.34. The molecule has 7 heteroatoms. The molecule has 0 spiro atoms. The van der Waals surface area contributed by atoms with Crippen molar-refractivity contribution in [1.82, 2.24) is 5.32 Å². The van der Waals surface area contributed by atoms with Crippen LogP contribution in [0, 0.1) is 0 Å². The van der Waals surface area contributed by atoms with Gasteiger partial charge in [0, 0.05) is 25.2 Å². The van der Waals surface area contributed by atoms with E-state index in [9.17, 15) is 22.0 Å². The van der Waals surface area contributed by atoms with E-state index in [1.54, 1.807) is 7.05 Å². The summed E-state index contributed by atoms with van der Waals surface area (Å²) in [7, 11) is 1.60. The van der Waals surface area contributed by atoms with Crippen molar-refractivity contribution in [2.24, 2.45) is 0 Å². The molecule has 1 fully saturated rings.